The maximum Gasteiger partial charge on any atom is 0.241 e. The molecule has 1 aromatic carbocycles. The average molecular weight is 297 g/mol. The Morgan fingerprint density at radius 1 is 1.50 bits per heavy atom. The highest BCUT2D eigenvalue weighted by molar-refractivity contribution is 7.89. The summed E-state index contributed by atoms with van der Waals surface area (Å²) in [4.78, 5) is -0.301. The van der Waals surface area contributed by atoms with Crippen LogP contribution >= 0.6 is 0 Å². The lowest BCUT2D eigenvalue weighted by atomic mass is 10.1. The van der Waals surface area contributed by atoms with Crippen molar-refractivity contribution in [3.8, 4) is 6.07 Å². The third kappa shape index (κ3) is 3.33. The van der Waals surface area contributed by atoms with Crippen molar-refractivity contribution in [3.63, 3.8) is 0 Å². The zero-order valence-corrected chi connectivity index (χ0v) is 11.7. The molecule has 0 saturated carbocycles. The summed E-state index contributed by atoms with van der Waals surface area (Å²) in [6.07, 6.45) is 1.76. The monoisotopic (exact) mass is 297 g/mol. The van der Waals surface area contributed by atoms with Crippen LogP contribution in [-0.2, 0) is 10.0 Å². The van der Waals surface area contributed by atoms with Crippen LogP contribution in [0.1, 0.15) is 18.4 Å². The molecular formula is C13H16FN3O2S. The summed E-state index contributed by atoms with van der Waals surface area (Å²) in [6.45, 7) is 2.14. The lowest BCUT2D eigenvalue weighted by Crippen LogP contribution is -2.27. The van der Waals surface area contributed by atoms with Crippen LogP contribution in [0.4, 0.5) is 4.39 Å². The molecule has 1 atom stereocenters. The third-order valence-electron chi connectivity index (χ3n) is 3.38. The van der Waals surface area contributed by atoms with Crippen molar-refractivity contribution in [2.24, 2.45) is 5.92 Å². The largest absolute Gasteiger partial charge is 0.316 e. The van der Waals surface area contributed by atoms with Crippen molar-refractivity contribution in [2.75, 3.05) is 19.6 Å². The minimum atomic E-state index is -3.85. The number of benzene rings is 1. The van der Waals surface area contributed by atoms with Crippen LogP contribution in [0, 0.1) is 23.1 Å². The summed E-state index contributed by atoms with van der Waals surface area (Å²) < 4.78 is 40.0. The maximum atomic E-state index is 13.4. The van der Waals surface area contributed by atoms with E-state index < -0.39 is 21.4 Å². The van der Waals surface area contributed by atoms with Gasteiger partial charge in [0.2, 0.25) is 10.0 Å². The van der Waals surface area contributed by atoms with Gasteiger partial charge in [-0.1, -0.05) is 6.07 Å². The van der Waals surface area contributed by atoms with E-state index in [1.807, 2.05) is 0 Å². The fraction of sp³-hybridized carbons (Fsp3) is 0.462. The molecule has 1 saturated heterocycles. The minimum Gasteiger partial charge on any atom is -0.316 e. The van der Waals surface area contributed by atoms with Gasteiger partial charge in [0, 0.05) is 6.54 Å². The molecule has 108 valence electrons. The highest BCUT2D eigenvalue weighted by Crippen LogP contribution is 2.18. The van der Waals surface area contributed by atoms with Crippen LogP contribution in [0.25, 0.3) is 0 Å². The summed E-state index contributed by atoms with van der Waals surface area (Å²) in [5, 5.41) is 12.1. The first-order valence-corrected chi connectivity index (χ1v) is 7.92. The Hall–Kier alpha value is -1.49. The molecule has 0 radical (unpaired) electrons. The van der Waals surface area contributed by atoms with E-state index in [4.69, 9.17) is 5.26 Å². The van der Waals surface area contributed by atoms with Crippen molar-refractivity contribution in [3.05, 3.63) is 29.6 Å². The second-order valence-electron chi connectivity index (χ2n) is 4.77. The van der Waals surface area contributed by atoms with E-state index in [-0.39, 0.29) is 11.4 Å². The molecule has 0 aromatic heterocycles. The topological polar surface area (TPSA) is 82.0 Å². The molecule has 20 heavy (non-hydrogen) atoms. The lowest BCUT2D eigenvalue weighted by molar-refractivity contribution is 0.518. The van der Waals surface area contributed by atoms with E-state index in [9.17, 15) is 12.8 Å². The number of sulfonamides is 1. The molecule has 0 spiro atoms. The summed E-state index contributed by atoms with van der Waals surface area (Å²) in [7, 11) is -3.85. The van der Waals surface area contributed by atoms with Gasteiger partial charge < -0.3 is 5.32 Å². The normalized spacial score (nSPS) is 18.9. The van der Waals surface area contributed by atoms with Crippen LogP contribution < -0.4 is 10.0 Å². The molecule has 0 aliphatic carbocycles. The number of nitrogens with zero attached hydrogens (tertiary/aromatic N) is 1. The third-order valence-corrected chi connectivity index (χ3v) is 4.89. The number of rotatable bonds is 5. The molecule has 7 heteroatoms. The Morgan fingerprint density at radius 2 is 2.30 bits per heavy atom. The maximum absolute atomic E-state index is 13.4. The Kier molecular flexibility index (Phi) is 4.70. The highest BCUT2D eigenvalue weighted by Gasteiger charge is 2.21. The van der Waals surface area contributed by atoms with Gasteiger partial charge in [0.05, 0.1) is 0 Å². The van der Waals surface area contributed by atoms with E-state index in [1.165, 1.54) is 12.1 Å². The van der Waals surface area contributed by atoms with Crippen molar-refractivity contribution in [2.45, 2.75) is 17.7 Å². The molecular weight excluding hydrogens is 281 g/mol. The minimum absolute atomic E-state index is 0.288. The molecule has 1 aliphatic heterocycles. The zero-order chi connectivity index (χ0) is 14.6. The molecule has 2 N–H and O–H groups in total. The number of nitriles is 1. The van der Waals surface area contributed by atoms with Crippen molar-refractivity contribution < 1.29 is 12.8 Å². The van der Waals surface area contributed by atoms with E-state index in [0.717, 1.165) is 32.0 Å². The molecule has 1 aliphatic rings. The summed E-state index contributed by atoms with van der Waals surface area (Å²) in [6, 6.07) is 5.19. The average Bonchev–Trinajstić information content (AvgIpc) is 2.91. The Morgan fingerprint density at radius 3 is 2.95 bits per heavy atom. The fourth-order valence-electron chi connectivity index (χ4n) is 2.27. The summed E-state index contributed by atoms with van der Waals surface area (Å²) >= 11 is 0. The predicted molar refractivity (Wildman–Crippen MR) is 71.9 cm³/mol. The zero-order valence-electron chi connectivity index (χ0n) is 10.9. The molecule has 1 heterocycles. The molecule has 0 amide bonds. The molecule has 2 rings (SSSR count). The summed E-state index contributed by atoms with van der Waals surface area (Å²) in [5.74, 6) is -0.365. The second kappa shape index (κ2) is 6.31. The quantitative estimate of drug-likeness (QED) is 0.848. The first-order chi connectivity index (χ1) is 9.54. The first-order valence-electron chi connectivity index (χ1n) is 6.43. The predicted octanol–water partition coefficient (Wildman–Crippen LogP) is 0.975. The number of halogens is 1. The van der Waals surface area contributed by atoms with Crippen LogP contribution in [0.2, 0.25) is 0 Å². The van der Waals surface area contributed by atoms with Crippen LogP contribution in [0.15, 0.2) is 23.1 Å². The van der Waals surface area contributed by atoms with E-state index in [2.05, 4.69) is 10.0 Å². The van der Waals surface area contributed by atoms with Crippen molar-refractivity contribution >= 4 is 10.0 Å². The Labute approximate surface area is 117 Å². The van der Waals surface area contributed by atoms with E-state index in [1.54, 1.807) is 6.07 Å². The van der Waals surface area contributed by atoms with E-state index >= 15 is 0 Å². The van der Waals surface area contributed by atoms with Gasteiger partial charge in [-0.15, -0.1) is 0 Å². The van der Waals surface area contributed by atoms with Gasteiger partial charge in [0.15, 0.2) is 0 Å². The number of hydrogen-bond donors (Lipinski definition) is 2. The molecule has 1 fully saturated rings. The van der Waals surface area contributed by atoms with Gasteiger partial charge in [-0.2, -0.15) is 5.26 Å². The SMILES string of the molecule is N#Cc1c(F)cccc1S(=O)(=O)NCCC1CCNC1. The lowest BCUT2D eigenvalue weighted by Gasteiger charge is -2.11. The van der Waals surface area contributed by atoms with Crippen LogP contribution in [0.5, 0.6) is 0 Å². The number of nitrogens with one attached hydrogen (secondary N) is 2. The van der Waals surface area contributed by atoms with Gasteiger partial charge in [-0.05, 0) is 44.0 Å². The first kappa shape index (κ1) is 14.9. The Bertz CT molecular complexity index is 619. The van der Waals surface area contributed by atoms with Gasteiger partial charge in [-0.25, -0.2) is 17.5 Å². The van der Waals surface area contributed by atoms with Crippen LogP contribution in [0.3, 0.4) is 0 Å². The second-order valence-corrected chi connectivity index (χ2v) is 6.51. The smallest absolute Gasteiger partial charge is 0.241 e. The van der Waals surface area contributed by atoms with E-state index in [0.29, 0.717) is 5.92 Å². The van der Waals surface area contributed by atoms with Gasteiger partial charge >= 0.3 is 0 Å². The van der Waals surface area contributed by atoms with Gasteiger partial charge in [0.1, 0.15) is 22.3 Å². The van der Waals surface area contributed by atoms with Crippen molar-refractivity contribution in [1.29, 1.82) is 5.26 Å². The molecule has 5 nitrogen and oxygen atoms in total. The van der Waals surface area contributed by atoms with Crippen LogP contribution in [-0.4, -0.2) is 28.1 Å². The van der Waals surface area contributed by atoms with Gasteiger partial charge in [0.25, 0.3) is 0 Å². The fourth-order valence-corrected chi connectivity index (χ4v) is 3.48. The number of hydrogen-bond acceptors (Lipinski definition) is 4. The van der Waals surface area contributed by atoms with Gasteiger partial charge in [-0.3, -0.25) is 0 Å². The highest BCUT2D eigenvalue weighted by atomic mass is 32.2. The van der Waals surface area contributed by atoms with Crippen molar-refractivity contribution in [1.82, 2.24) is 10.0 Å². The molecule has 0 bridgehead atoms. The molecule has 1 unspecified atom stereocenters. The standard InChI is InChI=1S/C13H16FN3O2S/c14-12-2-1-3-13(11(12)8-15)20(18,19)17-7-5-10-4-6-16-9-10/h1-3,10,16-17H,4-7,9H2. The summed E-state index contributed by atoms with van der Waals surface area (Å²) in [5.41, 5.74) is -0.442. The molecule has 1 aromatic rings. The Balaban J connectivity index is 2.06.